The third-order valence-corrected chi connectivity index (χ3v) is 4.83. The van der Waals surface area contributed by atoms with Gasteiger partial charge in [-0.2, -0.15) is 0 Å². The van der Waals surface area contributed by atoms with Crippen molar-refractivity contribution in [2.24, 2.45) is 10.9 Å². The highest BCUT2D eigenvalue weighted by Gasteiger charge is 2.13. The van der Waals surface area contributed by atoms with Crippen LogP contribution < -0.4 is 25.4 Å². The maximum Gasteiger partial charge on any atom is 0.231 e. The lowest BCUT2D eigenvalue weighted by atomic mass is 10.1. The number of halogens is 1. The maximum absolute atomic E-state index is 12.1. The molecule has 3 rings (SSSR count). The molecular formula is C22H29IN4O3. The third-order valence-electron chi connectivity index (χ3n) is 4.83. The van der Waals surface area contributed by atoms with Gasteiger partial charge in [-0.3, -0.25) is 9.79 Å². The smallest absolute Gasteiger partial charge is 0.231 e. The number of hydrogen-bond acceptors (Lipinski definition) is 4. The number of fused-ring (bicyclic) bond motifs is 1. The predicted octanol–water partition coefficient (Wildman–Crippen LogP) is 3.88. The minimum Gasteiger partial charge on any atom is -0.454 e. The summed E-state index contributed by atoms with van der Waals surface area (Å²) in [5.74, 6) is 2.27. The van der Waals surface area contributed by atoms with E-state index in [1.807, 2.05) is 56.3 Å². The highest BCUT2D eigenvalue weighted by atomic mass is 127. The molecule has 0 aromatic heterocycles. The normalized spacial score (nSPS) is 13.2. The van der Waals surface area contributed by atoms with Crippen LogP contribution in [0.15, 0.2) is 47.5 Å². The molecule has 1 heterocycles. The first-order valence-corrected chi connectivity index (χ1v) is 9.82. The van der Waals surface area contributed by atoms with Gasteiger partial charge in [0, 0.05) is 31.7 Å². The molecule has 1 aliphatic rings. The Balaban J connectivity index is 0.00000320. The van der Waals surface area contributed by atoms with Crippen LogP contribution in [0.3, 0.4) is 0 Å². The summed E-state index contributed by atoms with van der Waals surface area (Å²) in [7, 11) is 1.73. The number of hydrogen-bond donors (Lipinski definition) is 3. The zero-order chi connectivity index (χ0) is 20.6. The van der Waals surface area contributed by atoms with Gasteiger partial charge in [-0.05, 0) is 41.8 Å². The van der Waals surface area contributed by atoms with E-state index in [-0.39, 0.29) is 42.6 Å². The Bertz CT molecular complexity index is 888. The molecule has 1 aliphatic heterocycles. The molecule has 0 radical (unpaired) electrons. The van der Waals surface area contributed by atoms with Crippen molar-refractivity contribution in [2.75, 3.05) is 19.2 Å². The summed E-state index contributed by atoms with van der Waals surface area (Å²) < 4.78 is 10.7. The van der Waals surface area contributed by atoms with Gasteiger partial charge in [-0.15, -0.1) is 24.0 Å². The Labute approximate surface area is 194 Å². The topological polar surface area (TPSA) is 84.0 Å². The van der Waals surface area contributed by atoms with Crippen LogP contribution in [-0.2, 0) is 17.9 Å². The Morgan fingerprint density at radius 1 is 1.07 bits per heavy atom. The van der Waals surface area contributed by atoms with Crippen molar-refractivity contribution < 1.29 is 14.3 Å². The molecule has 2 aromatic carbocycles. The number of carbonyl (C=O) groups excluding carboxylic acids is 1. The number of anilines is 1. The highest BCUT2D eigenvalue weighted by Crippen LogP contribution is 2.32. The minimum absolute atomic E-state index is 0. The number of amides is 1. The van der Waals surface area contributed by atoms with Gasteiger partial charge < -0.3 is 25.4 Å². The summed E-state index contributed by atoms with van der Waals surface area (Å²) in [6.45, 7) is 5.41. The van der Waals surface area contributed by atoms with E-state index in [1.165, 1.54) is 0 Å². The van der Waals surface area contributed by atoms with Gasteiger partial charge in [-0.25, -0.2) is 0 Å². The van der Waals surface area contributed by atoms with Gasteiger partial charge in [0.05, 0.1) is 0 Å². The summed E-state index contributed by atoms with van der Waals surface area (Å²) in [5, 5.41) is 9.55. The number of benzene rings is 2. The molecule has 162 valence electrons. The van der Waals surface area contributed by atoms with Crippen molar-refractivity contribution in [1.82, 2.24) is 10.6 Å². The Kier molecular flexibility index (Phi) is 9.22. The van der Waals surface area contributed by atoms with Gasteiger partial charge in [0.25, 0.3) is 0 Å². The van der Waals surface area contributed by atoms with Crippen LogP contribution in [0.1, 0.15) is 31.4 Å². The standard InChI is InChI=1S/C22H28N4O3.HI/c1-4-15(2)21(27)26-18-7-5-6-16(10-18)12-24-22(23-3)25-13-17-8-9-19-20(11-17)29-14-28-19;/h5-11,15H,4,12-14H2,1-3H3,(H,26,27)(H2,23,24,25);1H. The first-order chi connectivity index (χ1) is 14.1. The molecule has 0 aliphatic carbocycles. The molecule has 0 saturated carbocycles. The fourth-order valence-electron chi connectivity index (χ4n) is 2.85. The number of ether oxygens (including phenoxy) is 2. The van der Waals surface area contributed by atoms with Crippen LogP contribution in [0.2, 0.25) is 0 Å². The molecule has 3 N–H and O–H groups in total. The molecule has 1 atom stereocenters. The summed E-state index contributed by atoms with van der Waals surface area (Å²) >= 11 is 0. The van der Waals surface area contributed by atoms with Crippen molar-refractivity contribution in [2.45, 2.75) is 33.4 Å². The Morgan fingerprint density at radius 2 is 1.77 bits per heavy atom. The third kappa shape index (κ3) is 6.51. The van der Waals surface area contributed by atoms with Crippen LogP contribution >= 0.6 is 24.0 Å². The summed E-state index contributed by atoms with van der Waals surface area (Å²) in [6, 6.07) is 13.7. The summed E-state index contributed by atoms with van der Waals surface area (Å²) in [4.78, 5) is 16.3. The van der Waals surface area contributed by atoms with Gasteiger partial charge in [-0.1, -0.05) is 32.0 Å². The van der Waals surface area contributed by atoms with Crippen LogP contribution in [0.4, 0.5) is 5.69 Å². The fourth-order valence-corrected chi connectivity index (χ4v) is 2.85. The van der Waals surface area contributed by atoms with Crippen LogP contribution in [0, 0.1) is 5.92 Å². The number of aliphatic imine (C=N–C) groups is 1. The molecule has 0 saturated heterocycles. The first kappa shape index (κ1) is 23.8. The molecule has 1 unspecified atom stereocenters. The van der Waals surface area contributed by atoms with Gasteiger partial charge in [0.1, 0.15) is 0 Å². The average molecular weight is 524 g/mol. The lowest BCUT2D eigenvalue weighted by Crippen LogP contribution is -2.36. The number of carbonyl (C=O) groups is 1. The second kappa shape index (κ2) is 11.6. The van der Waals surface area contributed by atoms with E-state index in [1.54, 1.807) is 7.05 Å². The Hall–Kier alpha value is -2.49. The van der Waals surface area contributed by atoms with E-state index in [2.05, 4.69) is 20.9 Å². The minimum atomic E-state index is -0.00371. The zero-order valence-electron chi connectivity index (χ0n) is 17.5. The number of guanidine groups is 1. The molecule has 7 nitrogen and oxygen atoms in total. The monoisotopic (exact) mass is 524 g/mol. The van der Waals surface area contributed by atoms with Gasteiger partial charge >= 0.3 is 0 Å². The highest BCUT2D eigenvalue weighted by molar-refractivity contribution is 14.0. The van der Waals surface area contributed by atoms with E-state index in [9.17, 15) is 4.79 Å². The lowest BCUT2D eigenvalue weighted by molar-refractivity contribution is -0.119. The second-order valence-corrected chi connectivity index (χ2v) is 6.97. The van der Waals surface area contributed by atoms with Crippen molar-refractivity contribution in [3.8, 4) is 11.5 Å². The molecular weight excluding hydrogens is 495 g/mol. The molecule has 2 aromatic rings. The van der Waals surface area contributed by atoms with Crippen LogP contribution in [0.25, 0.3) is 0 Å². The van der Waals surface area contributed by atoms with Crippen LogP contribution in [0.5, 0.6) is 11.5 Å². The summed E-state index contributed by atoms with van der Waals surface area (Å²) in [5.41, 5.74) is 2.93. The Morgan fingerprint density at radius 3 is 2.47 bits per heavy atom. The van der Waals surface area contributed by atoms with E-state index < -0.39 is 0 Å². The largest absolute Gasteiger partial charge is 0.454 e. The molecule has 0 fully saturated rings. The molecule has 0 spiro atoms. The quantitative estimate of drug-likeness (QED) is 0.291. The molecule has 30 heavy (non-hydrogen) atoms. The maximum atomic E-state index is 12.1. The fraction of sp³-hybridized carbons (Fsp3) is 0.364. The molecule has 1 amide bonds. The van der Waals surface area contributed by atoms with Crippen molar-refractivity contribution in [1.29, 1.82) is 0 Å². The van der Waals surface area contributed by atoms with Crippen molar-refractivity contribution in [3.63, 3.8) is 0 Å². The predicted molar refractivity (Wildman–Crippen MR) is 130 cm³/mol. The number of nitrogens with zero attached hydrogens (tertiary/aromatic N) is 1. The first-order valence-electron chi connectivity index (χ1n) is 9.82. The number of nitrogens with one attached hydrogen (secondary N) is 3. The molecule has 0 bridgehead atoms. The van der Waals surface area contributed by atoms with E-state index in [4.69, 9.17) is 9.47 Å². The average Bonchev–Trinajstić information content (AvgIpc) is 3.21. The van der Waals surface area contributed by atoms with E-state index in [0.717, 1.165) is 34.7 Å². The summed E-state index contributed by atoms with van der Waals surface area (Å²) in [6.07, 6.45) is 0.818. The van der Waals surface area contributed by atoms with E-state index in [0.29, 0.717) is 19.0 Å². The van der Waals surface area contributed by atoms with Gasteiger partial charge in [0.2, 0.25) is 12.7 Å². The van der Waals surface area contributed by atoms with Gasteiger partial charge in [0.15, 0.2) is 17.5 Å². The SMILES string of the molecule is CCC(C)C(=O)Nc1cccc(CNC(=NC)NCc2ccc3c(c2)OCO3)c1.I. The van der Waals surface area contributed by atoms with Crippen molar-refractivity contribution >= 4 is 41.5 Å². The van der Waals surface area contributed by atoms with Crippen molar-refractivity contribution in [3.05, 3.63) is 53.6 Å². The van der Waals surface area contributed by atoms with Crippen LogP contribution in [-0.4, -0.2) is 25.7 Å². The lowest BCUT2D eigenvalue weighted by Gasteiger charge is -2.14. The molecule has 8 heteroatoms. The number of rotatable bonds is 7. The zero-order valence-corrected chi connectivity index (χ0v) is 19.9. The van der Waals surface area contributed by atoms with E-state index >= 15 is 0 Å². The second-order valence-electron chi connectivity index (χ2n) is 6.97.